The number of hydrogen-bond donors (Lipinski definition) is 0. The molecular formula is C13H14ClN3OS2. The molecule has 7 heteroatoms. The van der Waals surface area contributed by atoms with Crippen molar-refractivity contribution in [3.8, 4) is 0 Å². The van der Waals surface area contributed by atoms with E-state index >= 15 is 0 Å². The molecular weight excluding hydrogens is 314 g/mol. The van der Waals surface area contributed by atoms with Gasteiger partial charge in [0.05, 0.1) is 9.21 Å². The molecule has 3 heterocycles. The monoisotopic (exact) mass is 327 g/mol. The summed E-state index contributed by atoms with van der Waals surface area (Å²) in [7, 11) is 0. The highest BCUT2D eigenvalue weighted by molar-refractivity contribution is 7.18. The van der Waals surface area contributed by atoms with Crippen LogP contribution in [0.4, 0.5) is 0 Å². The van der Waals surface area contributed by atoms with E-state index in [1.54, 1.807) is 23.5 Å². The fourth-order valence-corrected chi connectivity index (χ4v) is 4.26. The molecule has 0 radical (unpaired) electrons. The minimum Gasteiger partial charge on any atom is -0.337 e. The van der Waals surface area contributed by atoms with Crippen LogP contribution in [0, 0.1) is 6.92 Å². The highest BCUT2D eigenvalue weighted by atomic mass is 35.5. The van der Waals surface area contributed by atoms with Crippen LogP contribution in [-0.2, 0) is 0 Å². The Balaban J connectivity index is 1.73. The SMILES string of the molecule is Cc1nnc(C2CCCN(C(=O)c3ccc(Cl)s3)C2)s1. The highest BCUT2D eigenvalue weighted by Crippen LogP contribution is 2.30. The number of amides is 1. The molecule has 0 saturated carbocycles. The molecule has 0 N–H and O–H groups in total. The van der Waals surface area contributed by atoms with Crippen LogP contribution < -0.4 is 0 Å². The smallest absolute Gasteiger partial charge is 0.263 e. The van der Waals surface area contributed by atoms with E-state index < -0.39 is 0 Å². The number of nitrogens with zero attached hydrogens (tertiary/aromatic N) is 3. The molecule has 1 aliphatic heterocycles. The Labute approximate surface area is 130 Å². The molecule has 1 fully saturated rings. The van der Waals surface area contributed by atoms with E-state index in [0.29, 0.717) is 15.1 Å². The zero-order valence-electron chi connectivity index (χ0n) is 11.0. The fraction of sp³-hybridized carbons (Fsp3) is 0.462. The van der Waals surface area contributed by atoms with Crippen LogP contribution in [0.1, 0.15) is 38.4 Å². The van der Waals surface area contributed by atoms with E-state index in [1.807, 2.05) is 11.8 Å². The summed E-state index contributed by atoms with van der Waals surface area (Å²) in [5, 5.41) is 10.3. The van der Waals surface area contributed by atoms with Gasteiger partial charge in [-0.2, -0.15) is 0 Å². The summed E-state index contributed by atoms with van der Waals surface area (Å²) in [5.74, 6) is 0.391. The first-order chi connectivity index (χ1) is 9.63. The van der Waals surface area contributed by atoms with Crippen LogP contribution >= 0.6 is 34.3 Å². The maximum Gasteiger partial charge on any atom is 0.263 e. The van der Waals surface area contributed by atoms with Gasteiger partial charge in [0, 0.05) is 19.0 Å². The summed E-state index contributed by atoms with van der Waals surface area (Å²) in [6.07, 6.45) is 2.08. The molecule has 20 heavy (non-hydrogen) atoms. The summed E-state index contributed by atoms with van der Waals surface area (Å²) < 4.78 is 0.654. The maximum atomic E-state index is 12.4. The highest BCUT2D eigenvalue weighted by Gasteiger charge is 2.28. The number of hydrogen-bond acceptors (Lipinski definition) is 5. The summed E-state index contributed by atoms with van der Waals surface area (Å²) >= 11 is 8.87. The molecule has 1 unspecified atom stereocenters. The largest absolute Gasteiger partial charge is 0.337 e. The van der Waals surface area contributed by atoms with Crippen LogP contribution in [-0.4, -0.2) is 34.1 Å². The number of carbonyl (C=O) groups excluding carboxylic acids is 1. The Morgan fingerprint density at radius 2 is 2.25 bits per heavy atom. The van der Waals surface area contributed by atoms with E-state index in [9.17, 15) is 4.79 Å². The summed E-state index contributed by atoms with van der Waals surface area (Å²) in [5.41, 5.74) is 0. The number of aryl methyl sites for hydroxylation is 1. The first kappa shape index (κ1) is 14.0. The number of rotatable bonds is 2. The Morgan fingerprint density at radius 3 is 2.90 bits per heavy atom. The average molecular weight is 328 g/mol. The van der Waals surface area contributed by atoms with Crippen molar-refractivity contribution >= 4 is 40.2 Å². The number of thiophene rings is 1. The predicted molar refractivity (Wildman–Crippen MR) is 81.9 cm³/mol. The second-order valence-corrected chi connectivity index (χ2v) is 7.78. The Bertz CT molecular complexity index is 625. The number of likely N-dealkylation sites (tertiary alicyclic amines) is 1. The van der Waals surface area contributed by atoms with Gasteiger partial charge < -0.3 is 4.90 Å². The minimum absolute atomic E-state index is 0.0767. The summed E-state index contributed by atoms with van der Waals surface area (Å²) in [6, 6.07) is 3.57. The third kappa shape index (κ3) is 2.87. The van der Waals surface area contributed by atoms with Gasteiger partial charge in [0.2, 0.25) is 0 Å². The molecule has 0 aliphatic carbocycles. The van der Waals surface area contributed by atoms with Crippen molar-refractivity contribution in [3.05, 3.63) is 31.4 Å². The molecule has 1 amide bonds. The van der Waals surface area contributed by atoms with E-state index in [1.165, 1.54) is 11.3 Å². The Kier molecular flexibility index (Phi) is 4.05. The van der Waals surface area contributed by atoms with Crippen molar-refractivity contribution in [1.29, 1.82) is 0 Å². The first-order valence-electron chi connectivity index (χ1n) is 6.48. The third-order valence-corrected chi connectivity index (χ3v) is 5.60. The standard InChI is InChI=1S/C13H14ClN3OS2/c1-8-15-16-12(19-8)9-3-2-6-17(7-9)13(18)10-4-5-11(14)20-10/h4-5,9H,2-3,6-7H2,1H3. The molecule has 1 saturated heterocycles. The van der Waals surface area contributed by atoms with Crippen molar-refractivity contribution in [2.45, 2.75) is 25.7 Å². The fourth-order valence-electron chi connectivity index (χ4n) is 2.43. The number of aromatic nitrogens is 2. The molecule has 0 aromatic carbocycles. The quantitative estimate of drug-likeness (QED) is 0.847. The van der Waals surface area contributed by atoms with E-state index in [-0.39, 0.29) is 5.91 Å². The van der Waals surface area contributed by atoms with Crippen molar-refractivity contribution < 1.29 is 4.79 Å². The van der Waals surface area contributed by atoms with Gasteiger partial charge in [-0.25, -0.2) is 0 Å². The van der Waals surface area contributed by atoms with Crippen molar-refractivity contribution in [3.63, 3.8) is 0 Å². The van der Waals surface area contributed by atoms with Crippen LogP contribution in [0.5, 0.6) is 0 Å². The molecule has 3 rings (SSSR count). The molecule has 0 bridgehead atoms. The summed E-state index contributed by atoms with van der Waals surface area (Å²) in [6.45, 7) is 3.49. The third-order valence-electron chi connectivity index (χ3n) is 3.38. The van der Waals surface area contributed by atoms with Gasteiger partial charge in [-0.15, -0.1) is 32.9 Å². The maximum absolute atomic E-state index is 12.4. The molecule has 1 atom stereocenters. The molecule has 4 nitrogen and oxygen atoms in total. The summed E-state index contributed by atoms with van der Waals surface area (Å²) in [4.78, 5) is 15.1. The zero-order chi connectivity index (χ0) is 14.1. The molecule has 2 aromatic rings. The molecule has 106 valence electrons. The lowest BCUT2D eigenvalue weighted by atomic mass is 9.98. The van der Waals surface area contributed by atoms with Gasteiger partial charge in [-0.1, -0.05) is 11.6 Å². The van der Waals surface area contributed by atoms with Gasteiger partial charge in [-0.05, 0) is 31.9 Å². The van der Waals surface area contributed by atoms with E-state index in [2.05, 4.69) is 10.2 Å². The number of carbonyl (C=O) groups is 1. The Morgan fingerprint density at radius 1 is 1.40 bits per heavy atom. The lowest BCUT2D eigenvalue weighted by Gasteiger charge is -2.31. The van der Waals surface area contributed by atoms with Crippen molar-refractivity contribution in [2.24, 2.45) is 0 Å². The number of halogens is 1. The van der Waals surface area contributed by atoms with E-state index in [0.717, 1.165) is 35.9 Å². The normalized spacial score (nSPS) is 19.3. The lowest BCUT2D eigenvalue weighted by Crippen LogP contribution is -2.38. The van der Waals surface area contributed by atoms with Crippen LogP contribution in [0.2, 0.25) is 4.34 Å². The zero-order valence-corrected chi connectivity index (χ0v) is 13.4. The van der Waals surface area contributed by atoms with Crippen LogP contribution in [0.15, 0.2) is 12.1 Å². The topological polar surface area (TPSA) is 46.1 Å². The van der Waals surface area contributed by atoms with Crippen LogP contribution in [0.25, 0.3) is 0 Å². The second kappa shape index (κ2) is 5.79. The predicted octanol–water partition coefficient (Wildman–Crippen LogP) is 3.58. The minimum atomic E-state index is 0.0767. The van der Waals surface area contributed by atoms with Crippen molar-refractivity contribution in [2.75, 3.05) is 13.1 Å². The number of piperidine rings is 1. The van der Waals surface area contributed by atoms with Crippen LogP contribution in [0.3, 0.4) is 0 Å². The van der Waals surface area contributed by atoms with Gasteiger partial charge in [-0.3, -0.25) is 4.79 Å². The van der Waals surface area contributed by atoms with Gasteiger partial charge in [0.15, 0.2) is 0 Å². The van der Waals surface area contributed by atoms with Gasteiger partial charge in [0.25, 0.3) is 5.91 Å². The van der Waals surface area contributed by atoms with Gasteiger partial charge in [0.1, 0.15) is 10.0 Å². The molecule has 1 aliphatic rings. The molecule has 2 aromatic heterocycles. The van der Waals surface area contributed by atoms with Gasteiger partial charge >= 0.3 is 0 Å². The lowest BCUT2D eigenvalue weighted by molar-refractivity contribution is 0.0712. The molecule has 0 spiro atoms. The van der Waals surface area contributed by atoms with E-state index in [4.69, 9.17) is 11.6 Å². The average Bonchev–Trinajstić information content (AvgIpc) is 3.07. The first-order valence-corrected chi connectivity index (χ1v) is 8.49. The van der Waals surface area contributed by atoms with Crippen molar-refractivity contribution in [1.82, 2.24) is 15.1 Å². The second-order valence-electron chi connectivity index (χ2n) is 4.85. The Hall–Kier alpha value is -0.980.